The van der Waals surface area contributed by atoms with Gasteiger partial charge in [0.25, 0.3) is 5.82 Å². The molecular formula is C13H14F3N5. The minimum absolute atomic E-state index is 0.0753. The molecule has 0 atom stereocenters. The minimum atomic E-state index is -4.57. The Morgan fingerprint density at radius 1 is 1.24 bits per heavy atom. The maximum Gasteiger partial charge on any atom is 0.453 e. The number of halogens is 3. The number of anilines is 1. The lowest BCUT2D eigenvalue weighted by Gasteiger charge is -2.07. The Morgan fingerprint density at radius 2 is 2.10 bits per heavy atom. The average Bonchev–Trinajstić information content (AvgIpc) is 3.05. The first-order valence-electron chi connectivity index (χ1n) is 6.75. The van der Waals surface area contributed by atoms with Crippen LogP contribution in [0.2, 0.25) is 0 Å². The van der Waals surface area contributed by atoms with Crippen LogP contribution in [0.5, 0.6) is 0 Å². The molecule has 2 heterocycles. The topological polar surface area (TPSA) is 55.1 Å². The Hall–Kier alpha value is -2.12. The first-order chi connectivity index (χ1) is 10.0. The van der Waals surface area contributed by atoms with Crippen molar-refractivity contribution >= 4 is 11.5 Å². The molecule has 2 aromatic rings. The third-order valence-electron chi connectivity index (χ3n) is 3.40. The predicted molar refractivity (Wildman–Crippen MR) is 70.8 cm³/mol. The number of allylic oxidation sites excluding steroid dienone is 1. The molecule has 5 nitrogen and oxygen atoms in total. The molecule has 1 N–H and O–H groups in total. The number of nitrogens with zero attached hydrogens (tertiary/aromatic N) is 4. The number of hydrogen-bond donors (Lipinski definition) is 1. The second kappa shape index (κ2) is 5.34. The van der Waals surface area contributed by atoms with Crippen LogP contribution in [-0.2, 0) is 6.18 Å². The molecule has 0 unspecified atom stereocenters. The number of alkyl halides is 3. The lowest BCUT2D eigenvalue weighted by atomic mass is 10.2. The van der Waals surface area contributed by atoms with Crippen molar-refractivity contribution in [2.24, 2.45) is 0 Å². The van der Waals surface area contributed by atoms with Gasteiger partial charge in [0.15, 0.2) is 5.65 Å². The SMILES string of the molecule is FC(F)(F)c1nnc2ccc(NCCC3=CCCC3)nn12. The number of nitrogens with one attached hydrogen (secondary N) is 1. The van der Waals surface area contributed by atoms with Crippen LogP contribution >= 0.6 is 0 Å². The Morgan fingerprint density at radius 3 is 2.81 bits per heavy atom. The normalized spacial score (nSPS) is 15.5. The highest BCUT2D eigenvalue weighted by molar-refractivity contribution is 5.44. The van der Waals surface area contributed by atoms with E-state index in [9.17, 15) is 13.2 Å². The fourth-order valence-electron chi connectivity index (χ4n) is 2.38. The highest BCUT2D eigenvalue weighted by Gasteiger charge is 2.37. The zero-order chi connectivity index (χ0) is 14.9. The average molecular weight is 297 g/mol. The molecule has 8 heteroatoms. The molecule has 0 spiro atoms. The van der Waals surface area contributed by atoms with Gasteiger partial charge in [-0.25, -0.2) is 0 Å². The summed E-state index contributed by atoms with van der Waals surface area (Å²) in [5.74, 6) is -0.731. The summed E-state index contributed by atoms with van der Waals surface area (Å²) in [4.78, 5) is 0. The molecule has 1 aliphatic carbocycles. The number of hydrogen-bond acceptors (Lipinski definition) is 4. The number of rotatable bonds is 4. The van der Waals surface area contributed by atoms with Gasteiger partial charge in [0.1, 0.15) is 5.82 Å². The van der Waals surface area contributed by atoms with Crippen LogP contribution in [0.25, 0.3) is 5.65 Å². The summed E-state index contributed by atoms with van der Waals surface area (Å²) in [5.41, 5.74) is 1.47. The monoisotopic (exact) mass is 297 g/mol. The smallest absolute Gasteiger partial charge is 0.368 e. The minimum Gasteiger partial charge on any atom is -0.368 e. The summed E-state index contributed by atoms with van der Waals surface area (Å²) in [5, 5.41) is 13.5. The molecule has 3 rings (SSSR count). The Balaban J connectivity index is 1.73. The van der Waals surface area contributed by atoms with Gasteiger partial charge >= 0.3 is 6.18 Å². The molecule has 1 aliphatic rings. The standard InChI is InChI=1S/C13H14F3N5/c14-13(15,16)12-19-18-11-6-5-10(20-21(11)12)17-8-7-9-3-1-2-4-9/h3,5-6H,1-2,4,7-8H2,(H,17,20). The van der Waals surface area contributed by atoms with E-state index in [1.807, 2.05) is 0 Å². The fourth-order valence-corrected chi connectivity index (χ4v) is 2.38. The van der Waals surface area contributed by atoms with Crippen molar-refractivity contribution in [3.05, 3.63) is 29.6 Å². The van der Waals surface area contributed by atoms with E-state index in [1.54, 1.807) is 6.07 Å². The molecule has 0 radical (unpaired) electrons. The summed E-state index contributed by atoms with van der Waals surface area (Å²) in [6.45, 7) is 0.647. The Labute approximate surface area is 118 Å². The van der Waals surface area contributed by atoms with E-state index in [2.05, 4.69) is 26.7 Å². The van der Waals surface area contributed by atoms with Crippen LogP contribution in [-0.4, -0.2) is 26.4 Å². The van der Waals surface area contributed by atoms with Crippen molar-refractivity contribution in [1.29, 1.82) is 0 Å². The van der Waals surface area contributed by atoms with Gasteiger partial charge < -0.3 is 5.32 Å². The maximum atomic E-state index is 12.7. The van der Waals surface area contributed by atoms with Gasteiger partial charge in [-0.3, -0.25) is 0 Å². The predicted octanol–water partition coefficient (Wildman–Crippen LogP) is 3.06. The van der Waals surface area contributed by atoms with Gasteiger partial charge in [-0.1, -0.05) is 11.6 Å². The molecule has 0 amide bonds. The molecule has 0 aliphatic heterocycles. The maximum absolute atomic E-state index is 12.7. The van der Waals surface area contributed by atoms with Crippen LogP contribution in [0.4, 0.5) is 19.0 Å². The van der Waals surface area contributed by atoms with E-state index in [4.69, 9.17) is 0 Å². The zero-order valence-corrected chi connectivity index (χ0v) is 11.2. The quantitative estimate of drug-likeness (QED) is 0.881. The molecule has 0 bridgehead atoms. The molecule has 0 aromatic carbocycles. The van der Waals surface area contributed by atoms with Crippen LogP contribution in [0, 0.1) is 0 Å². The van der Waals surface area contributed by atoms with Gasteiger partial charge in [0, 0.05) is 6.54 Å². The van der Waals surface area contributed by atoms with Gasteiger partial charge in [-0.2, -0.15) is 17.7 Å². The highest BCUT2D eigenvalue weighted by Crippen LogP contribution is 2.27. The lowest BCUT2D eigenvalue weighted by molar-refractivity contribution is -0.146. The summed E-state index contributed by atoms with van der Waals surface area (Å²) in [6.07, 6.45) is 1.95. The van der Waals surface area contributed by atoms with E-state index < -0.39 is 12.0 Å². The molecule has 21 heavy (non-hydrogen) atoms. The van der Waals surface area contributed by atoms with Crippen molar-refractivity contribution in [3.63, 3.8) is 0 Å². The number of aromatic nitrogens is 4. The first-order valence-corrected chi connectivity index (χ1v) is 6.75. The molecule has 0 fully saturated rings. The largest absolute Gasteiger partial charge is 0.453 e. The number of fused-ring (bicyclic) bond motifs is 1. The van der Waals surface area contributed by atoms with Crippen molar-refractivity contribution in [2.75, 3.05) is 11.9 Å². The first kappa shape index (κ1) is 13.8. The molecule has 112 valence electrons. The lowest BCUT2D eigenvalue weighted by Crippen LogP contribution is -2.14. The molecule has 0 saturated heterocycles. The van der Waals surface area contributed by atoms with Crippen molar-refractivity contribution < 1.29 is 13.2 Å². The zero-order valence-electron chi connectivity index (χ0n) is 11.2. The Bertz CT molecular complexity index is 674. The van der Waals surface area contributed by atoms with Crippen molar-refractivity contribution in [3.8, 4) is 0 Å². The molecular weight excluding hydrogens is 283 g/mol. The van der Waals surface area contributed by atoms with Crippen LogP contribution in [0.15, 0.2) is 23.8 Å². The van der Waals surface area contributed by atoms with Crippen LogP contribution in [0.3, 0.4) is 0 Å². The van der Waals surface area contributed by atoms with E-state index in [0.29, 0.717) is 12.4 Å². The second-order valence-electron chi connectivity index (χ2n) is 4.94. The van der Waals surface area contributed by atoms with E-state index in [-0.39, 0.29) is 5.65 Å². The molecule has 2 aromatic heterocycles. The van der Waals surface area contributed by atoms with Gasteiger partial charge in [0.2, 0.25) is 0 Å². The Kier molecular flexibility index (Phi) is 3.52. The van der Waals surface area contributed by atoms with E-state index in [1.165, 1.54) is 18.1 Å². The summed E-state index contributed by atoms with van der Waals surface area (Å²) >= 11 is 0. The highest BCUT2D eigenvalue weighted by atomic mass is 19.4. The van der Waals surface area contributed by atoms with E-state index >= 15 is 0 Å². The third-order valence-corrected chi connectivity index (χ3v) is 3.40. The van der Waals surface area contributed by atoms with Crippen LogP contribution < -0.4 is 5.32 Å². The second-order valence-corrected chi connectivity index (χ2v) is 4.94. The van der Waals surface area contributed by atoms with Gasteiger partial charge in [0.05, 0.1) is 0 Å². The third kappa shape index (κ3) is 2.98. The summed E-state index contributed by atoms with van der Waals surface area (Å²) in [7, 11) is 0. The fraction of sp³-hybridized carbons (Fsp3) is 0.462. The van der Waals surface area contributed by atoms with Crippen molar-refractivity contribution in [2.45, 2.75) is 31.9 Å². The van der Waals surface area contributed by atoms with Crippen LogP contribution in [0.1, 0.15) is 31.5 Å². The summed E-state index contributed by atoms with van der Waals surface area (Å²) in [6, 6.07) is 3.07. The van der Waals surface area contributed by atoms with Gasteiger partial charge in [-0.15, -0.1) is 15.3 Å². The molecule has 0 saturated carbocycles. The van der Waals surface area contributed by atoms with Crippen molar-refractivity contribution in [1.82, 2.24) is 19.8 Å². The van der Waals surface area contributed by atoms with Gasteiger partial charge in [-0.05, 0) is 37.8 Å². The van der Waals surface area contributed by atoms with E-state index in [0.717, 1.165) is 23.8 Å². The summed E-state index contributed by atoms with van der Waals surface area (Å²) < 4.78 is 39.0.